The molecule has 0 radical (unpaired) electrons. The van der Waals surface area contributed by atoms with E-state index in [1.165, 1.54) is 37.7 Å². The normalized spacial score (nSPS) is 27.7. The molecule has 0 unspecified atom stereocenters. The van der Waals surface area contributed by atoms with Crippen LogP contribution in [0.1, 0.15) is 45.4 Å². The molecule has 1 saturated carbocycles. The van der Waals surface area contributed by atoms with Crippen LogP contribution in [0.25, 0.3) is 0 Å². The summed E-state index contributed by atoms with van der Waals surface area (Å²) in [4.78, 5) is 0. The Balaban J connectivity index is 2.46. The van der Waals surface area contributed by atoms with E-state index in [4.69, 9.17) is 0 Å². The third-order valence-electron chi connectivity index (χ3n) is 5.30. The Morgan fingerprint density at radius 1 is 1.11 bits per heavy atom. The number of hydrogen-bond acceptors (Lipinski definition) is 1. The van der Waals surface area contributed by atoms with E-state index in [0.717, 1.165) is 12.5 Å². The van der Waals surface area contributed by atoms with Gasteiger partial charge in [-0.25, -0.2) is 0 Å². The third-order valence-corrected chi connectivity index (χ3v) is 22.9. The summed E-state index contributed by atoms with van der Waals surface area (Å²) in [7, 11) is 0. The molecule has 0 heterocycles. The van der Waals surface area contributed by atoms with Gasteiger partial charge in [0.1, 0.15) is 0 Å². The maximum absolute atomic E-state index is 4.30. The van der Waals surface area contributed by atoms with E-state index in [2.05, 4.69) is 47.7 Å². The Kier molecular flexibility index (Phi) is 3.06. The monoisotopic (exact) mass is 357 g/mol. The molecule has 1 fully saturated rings. The average molecular weight is 359 g/mol. The molecule has 110 valence electrons. The Hall–Kier alpha value is 0.540. The van der Waals surface area contributed by atoms with Crippen LogP contribution in [0.4, 0.5) is 0 Å². The molecule has 0 aromatic carbocycles. The Morgan fingerprint density at radius 3 is 2.16 bits per heavy atom. The molecule has 0 aliphatic heterocycles. The van der Waals surface area contributed by atoms with Crippen LogP contribution >= 0.6 is 0 Å². The number of rotatable bonds is 3. The fourth-order valence-corrected chi connectivity index (χ4v) is 23.3. The summed E-state index contributed by atoms with van der Waals surface area (Å²) in [5.74, 6) is 0. The molecule has 1 N–H and O–H groups in total. The summed E-state index contributed by atoms with van der Waals surface area (Å²) in [6.07, 6.45) is 12.8. The van der Waals surface area contributed by atoms with Crippen LogP contribution in [0.2, 0.25) is 18.5 Å². The van der Waals surface area contributed by atoms with E-state index in [9.17, 15) is 0 Å². The Bertz CT molecular complexity index is 561. The van der Waals surface area contributed by atoms with Gasteiger partial charge in [0.05, 0.1) is 0 Å². The number of allylic oxidation sites excluding steroid dienone is 4. The van der Waals surface area contributed by atoms with Crippen LogP contribution in [0.5, 0.6) is 0 Å². The molecule has 0 aromatic rings. The van der Waals surface area contributed by atoms with Gasteiger partial charge >= 0.3 is 116 Å². The zero-order valence-corrected chi connectivity index (χ0v) is 17.6. The van der Waals surface area contributed by atoms with E-state index < -0.39 is 14.7 Å². The van der Waals surface area contributed by atoms with Crippen LogP contribution in [0, 0.1) is 0 Å². The zero-order chi connectivity index (χ0) is 14.5. The van der Waals surface area contributed by atoms with Gasteiger partial charge in [0.2, 0.25) is 0 Å². The Labute approximate surface area is 115 Å². The second-order valence-corrected chi connectivity index (χ2v) is 68.1. The van der Waals surface area contributed by atoms with Gasteiger partial charge in [-0.3, -0.25) is 0 Å². The van der Waals surface area contributed by atoms with Crippen LogP contribution in [-0.2, 0) is 14.7 Å². The minimum absolute atomic E-state index is 0.735. The first-order valence-electron chi connectivity index (χ1n) is 8.09. The predicted molar refractivity (Wildman–Crippen MR) is 88.5 cm³/mol. The molecule has 19 heavy (non-hydrogen) atoms. The van der Waals surface area contributed by atoms with E-state index in [0.29, 0.717) is 0 Å². The van der Waals surface area contributed by atoms with Crippen molar-refractivity contribution >= 4 is 6.88 Å². The number of nitrogens with one attached hydrogen (secondary N) is 1. The summed E-state index contributed by atoms with van der Waals surface area (Å²) in [5.41, 5.74) is 1.52. The number of hydrogen-bond donors (Lipinski definition) is 1. The molecule has 2 rings (SSSR count). The fraction of sp³-hybridized carbons (Fsp3) is 0.750. The van der Waals surface area contributed by atoms with E-state index in [-0.39, 0.29) is 0 Å². The van der Waals surface area contributed by atoms with Gasteiger partial charge in [0.15, 0.2) is 0 Å². The summed E-state index contributed by atoms with van der Waals surface area (Å²) < 4.78 is 16.5. The molecule has 2 aliphatic carbocycles. The second-order valence-electron chi connectivity index (χ2n) is 11.1. The summed E-state index contributed by atoms with van der Waals surface area (Å²) >= 11 is -3.92. The van der Waals surface area contributed by atoms with Crippen LogP contribution < -0.4 is 3.26 Å². The van der Waals surface area contributed by atoms with Crippen molar-refractivity contribution in [1.82, 2.24) is 3.26 Å². The molecular formula is C16H33NSiZr. The first kappa shape index (κ1) is 15.9. The predicted octanol–water partition coefficient (Wildman–Crippen LogP) is 4.56. The average Bonchev–Trinajstić information content (AvgIpc) is 2.64. The van der Waals surface area contributed by atoms with Crippen LogP contribution in [0.3, 0.4) is 0 Å². The SMILES string of the molecule is CC1=[C]([Zr]([CH3])([CH3])([CH3])([CH3])(=[SiH2])[NH]C2CCCCC2)CC=C1. The molecule has 0 atom stereocenters. The van der Waals surface area contributed by atoms with Crippen molar-refractivity contribution in [2.75, 3.05) is 0 Å². The van der Waals surface area contributed by atoms with Gasteiger partial charge in [-0.1, -0.05) is 0 Å². The first-order chi connectivity index (χ1) is 8.33. The van der Waals surface area contributed by atoms with Gasteiger partial charge in [0, 0.05) is 0 Å². The molecular weight excluding hydrogens is 325 g/mol. The summed E-state index contributed by atoms with van der Waals surface area (Å²) in [6.45, 7) is 4.64. The maximum atomic E-state index is 4.30. The zero-order valence-electron chi connectivity index (χ0n) is 13.7. The molecule has 0 amide bonds. The molecule has 0 aromatic heterocycles. The summed E-state index contributed by atoms with van der Waals surface area (Å²) in [5, 5.41) is 0. The van der Waals surface area contributed by atoms with Crippen LogP contribution in [-0.4, -0.2) is 12.9 Å². The van der Waals surface area contributed by atoms with Gasteiger partial charge in [-0.2, -0.15) is 0 Å². The van der Waals surface area contributed by atoms with E-state index >= 15 is 0 Å². The van der Waals surface area contributed by atoms with Crippen molar-refractivity contribution in [1.29, 1.82) is 0 Å². The standard InChI is InChI=1S/C6H12N.C6H7.4CH3.H2Si.Zr/c7-6-4-2-1-3-5-6;1-6-4-2-3-5-6;;;;;;/h6-7H,1-5H2;2,4H,3H2,1H3;4*1H3;1H2;/q-1;;;;;;;+1. The van der Waals surface area contributed by atoms with Gasteiger partial charge in [-0.05, 0) is 0 Å². The molecule has 0 saturated heterocycles. The van der Waals surface area contributed by atoms with Crippen molar-refractivity contribution < 1.29 is 14.7 Å². The molecule has 3 heteroatoms. The fourth-order valence-electron chi connectivity index (χ4n) is 4.57. The van der Waals surface area contributed by atoms with Crippen molar-refractivity contribution in [2.24, 2.45) is 0 Å². The summed E-state index contributed by atoms with van der Waals surface area (Å²) in [6, 6.07) is 0.735. The van der Waals surface area contributed by atoms with Crippen molar-refractivity contribution in [3.63, 3.8) is 0 Å². The van der Waals surface area contributed by atoms with E-state index in [1.54, 1.807) is 3.28 Å². The van der Waals surface area contributed by atoms with Crippen molar-refractivity contribution in [2.45, 2.75) is 70.0 Å². The quantitative estimate of drug-likeness (QED) is 0.729. The van der Waals surface area contributed by atoms with Gasteiger partial charge in [-0.15, -0.1) is 0 Å². The molecule has 0 spiro atoms. The first-order valence-corrected chi connectivity index (χ1v) is 26.3. The molecule has 2 aliphatic rings. The van der Waals surface area contributed by atoms with Crippen molar-refractivity contribution in [3.8, 4) is 0 Å². The van der Waals surface area contributed by atoms with Crippen LogP contribution in [0.15, 0.2) is 21.0 Å². The second kappa shape index (κ2) is 3.65. The van der Waals surface area contributed by atoms with Gasteiger partial charge < -0.3 is 0 Å². The Morgan fingerprint density at radius 2 is 1.68 bits per heavy atom. The van der Waals surface area contributed by atoms with Gasteiger partial charge in [0.25, 0.3) is 0 Å². The molecule has 1 nitrogen and oxygen atoms in total. The third kappa shape index (κ3) is 3.41. The molecule has 0 bridgehead atoms. The minimum atomic E-state index is -3.92. The van der Waals surface area contributed by atoms with E-state index in [1.807, 2.05) is 0 Å². The topological polar surface area (TPSA) is 12.0 Å². The van der Waals surface area contributed by atoms with Crippen molar-refractivity contribution in [3.05, 3.63) is 21.0 Å².